The molecule has 4 heteroatoms. The molecule has 16 heavy (non-hydrogen) atoms. The standard InChI is InChI=1S/C12H15N3O/c1-9-6-11(8-16)14-15(9)12-5-3-2-4-10(12)7-13/h2-6,16H,7-8,13H2,1H3. The molecule has 0 radical (unpaired) electrons. The molecule has 0 saturated heterocycles. The fourth-order valence-corrected chi connectivity index (χ4v) is 1.75. The van der Waals surface area contributed by atoms with Gasteiger partial charge in [0.15, 0.2) is 0 Å². The highest BCUT2D eigenvalue weighted by atomic mass is 16.3. The Hall–Kier alpha value is -1.65. The minimum absolute atomic E-state index is 0.0430. The first-order valence-electron chi connectivity index (χ1n) is 5.21. The molecule has 84 valence electrons. The van der Waals surface area contributed by atoms with Gasteiger partial charge < -0.3 is 10.8 Å². The summed E-state index contributed by atoms with van der Waals surface area (Å²) in [6.07, 6.45) is 0. The molecule has 4 nitrogen and oxygen atoms in total. The second-order valence-electron chi connectivity index (χ2n) is 3.68. The zero-order valence-electron chi connectivity index (χ0n) is 9.22. The number of hydrogen-bond donors (Lipinski definition) is 2. The lowest BCUT2D eigenvalue weighted by molar-refractivity contribution is 0.276. The van der Waals surface area contributed by atoms with E-state index in [0.717, 1.165) is 16.9 Å². The molecule has 2 aromatic rings. The number of aliphatic hydroxyl groups excluding tert-OH is 1. The summed E-state index contributed by atoms with van der Waals surface area (Å²) in [7, 11) is 0. The molecule has 1 aromatic carbocycles. The van der Waals surface area contributed by atoms with Gasteiger partial charge in [-0.25, -0.2) is 4.68 Å². The largest absolute Gasteiger partial charge is 0.390 e. The van der Waals surface area contributed by atoms with E-state index in [1.807, 2.05) is 41.9 Å². The lowest BCUT2D eigenvalue weighted by Crippen LogP contribution is -2.06. The van der Waals surface area contributed by atoms with Crippen molar-refractivity contribution in [3.8, 4) is 5.69 Å². The Morgan fingerprint density at radius 1 is 1.38 bits per heavy atom. The predicted octanol–water partition coefficient (Wildman–Crippen LogP) is 1.13. The van der Waals surface area contributed by atoms with Gasteiger partial charge in [-0.15, -0.1) is 0 Å². The molecule has 0 amide bonds. The molecule has 0 spiro atoms. The van der Waals surface area contributed by atoms with E-state index in [9.17, 15) is 0 Å². The quantitative estimate of drug-likeness (QED) is 0.810. The molecule has 2 rings (SSSR count). The number of nitrogens with two attached hydrogens (primary N) is 1. The van der Waals surface area contributed by atoms with Gasteiger partial charge in [-0.2, -0.15) is 5.10 Å². The molecule has 0 atom stereocenters. The van der Waals surface area contributed by atoms with Crippen molar-refractivity contribution in [2.24, 2.45) is 5.73 Å². The third kappa shape index (κ3) is 1.85. The Balaban J connectivity index is 2.53. The molecule has 0 saturated carbocycles. The van der Waals surface area contributed by atoms with Crippen molar-refractivity contribution < 1.29 is 5.11 Å². The Bertz CT molecular complexity index is 491. The van der Waals surface area contributed by atoms with E-state index in [-0.39, 0.29) is 6.61 Å². The van der Waals surface area contributed by atoms with E-state index in [1.54, 1.807) is 0 Å². The molecule has 0 aliphatic carbocycles. The molecule has 0 bridgehead atoms. The van der Waals surface area contributed by atoms with E-state index >= 15 is 0 Å². The summed E-state index contributed by atoms with van der Waals surface area (Å²) in [6.45, 7) is 2.39. The van der Waals surface area contributed by atoms with E-state index in [1.165, 1.54) is 0 Å². The lowest BCUT2D eigenvalue weighted by atomic mass is 10.2. The highest BCUT2D eigenvalue weighted by Gasteiger charge is 2.08. The number of rotatable bonds is 3. The smallest absolute Gasteiger partial charge is 0.0886 e. The van der Waals surface area contributed by atoms with Crippen molar-refractivity contribution in [3.05, 3.63) is 47.3 Å². The number of para-hydroxylation sites is 1. The number of aromatic nitrogens is 2. The summed E-state index contributed by atoms with van der Waals surface area (Å²) in [5.74, 6) is 0. The average Bonchev–Trinajstić information content (AvgIpc) is 2.70. The summed E-state index contributed by atoms with van der Waals surface area (Å²) >= 11 is 0. The molecule has 0 unspecified atom stereocenters. The van der Waals surface area contributed by atoms with Gasteiger partial charge in [-0.05, 0) is 24.6 Å². The van der Waals surface area contributed by atoms with Crippen LogP contribution in [0.4, 0.5) is 0 Å². The molecular formula is C12H15N3O. The van der Waals surface area contributed by atoms with Crippen LogP contribution in [0.1, 0.15) is 17.0 Å². The zero-order valence-corrected chi connectivity index (χ0v) is 9.22. The van der Waals surface area contributed by atoms with Crippen LogP contribution in [0.3, 0.4) is 0 Å². The minimum Gasteiger partial charge on any atom is -0.390 e. The van der Waals surface area contributed by atoms with Gasteiger partial charge in [-0.3, -0.25) is 0 Å². The maximum absolute atomic E-state index is 9.05. The molecule has 1 aromatic heterocycles. The normalized spacial score (nSPS) is 10.7. The molecule has 1 heterocycles. The van der Waals surface area contributed by atoms with Gasteiger partial charge in [0.25, 0.3) is 0 Å². The molecular weight excluding hydrogens is 202 g/mol. The fraction of sp³-hybridized carbons (Fsp3) is 0.250. The highest BCUT2D eigenvalue weighted by molar-refractivity contribution is 5.41. The van der Waals surface area contributed by atoms with Crippen LogP contribution < -0.4 is 5.73 Å². The maximum atomic E-state index is 9.05. The van der Waals surface area contributed by atoms with Crippen LogP contribution in [-0.4, -0.2) is 14.9 Å². The van der Waals surface area contributed by atoms with Gasteiger partial charge >= 0.3 is 0 Å². The predicted molar refractivity (Wildman–Crippen MR) is 62.1 cm³/mol. The summed E-state index contributed by atoms with van der Waals surface area (Å²) in [6, 6.07) is 9.73. The summed E-state index contributed by atoms with van der Waals surface area (Å²) in [5, 5.41) is 13.4. The van der Waals surface area contributed by atoms with Crippen molar-refractivity contribution in [1.82, 2.24) is 9.78 Å². The zero-order chi connectivity index (χ0) is 11.5. The van der Waals surface area contributed by atoms with Crippen LogP contribution in [0, 0.1) is 6.92 Å². The monoisotopic (exact) mass is 217 g/mol. The van der Waals surface area contributed by atoms with Crippen LogP contribution in [0.2, 0.25) is 0 Å². The molecule has 3 N–H and O–H groups in total. The number of nitrogens with zero attached hydrogens (tertiary/aromatic N) is 2. The van der Waals surface area contributed by atoms with Crippen LogP contribution in [-0.2, 0) is 13.2 Å². The SMILES string of the molecule is Cc1cc(CO)nn1-c1ccccc1CN. The Morgan fingerprint density at radius 3 is 2.75 bits per heavy atom. The van der Waals surface area contributed by atoms with Gasteiger partial charge in [-0.1, -0.05) is 18.2 Å². The maximum Gasteiger partial charge on any atom is 0.0886 e. The topological polar surface area (TPSA) is 64.1 Å². The summed E-state index contributed by atoms with van der Waals surface area (Å²) < 4.78 is 1.81. The second-order valence-corrected chi connectivity index (χ2v) is 3.68. The summed E-state index contributed by atoms with van der Waals surface area (Å²) in [4.78, 5) is 0. The number of aliphatic hydroxyl groups is 1. The first-order chi connectivity index (χ1) is 7.76. The number of benzene rings is 1. The Kier molecular flexibility index (Phi) is 3.03. The van der Waals surface area contributed by atoms with E-state index in [0.29, 0.717) is 12.2 Å². The van der Waals surface area contributed by atoms with Crippen molar-refractivity contribution in [2.45, 2.75) is 20.1 Å². The fourth-order valence-electron chi connectivity index (χ4n) is 1.75. The molecule has 0 aliphatic rings. The first kappa shape index (κ1) is 10.9. The lowest BCUT2D eigenvalue weighted by Gasteiger charge is -2.09. The third-order valence-corrected chi connectivity index (χ3v) is 2.54. The van der Waals surface area contributed by atoms with Crippen LogP contribution in [0.15, 0.2) is 30.3 Å². The van der Waals surface area contributed by atoms with Gasteiger partial charge in [0.05, 0.1) is 18.0 Å². The van der Waals surface area contributed by atoms with Crippen molar-refractivity contribution in [1.29, 1.82) is 0 Å². The first-order valence-corrected chi connectivity index (χ1v) is 5.21. The van der Waals surface area contributed by atoms with E-state index in [2.05, 4.69) is 5.10 Å². The molecule has 0 fully saturated rings. The summed E-state index contributed by atoms with van der Waals surface area (Å²) in [5.41, 5.74) is 9.36. The third-order valence-electron chi connectivity index (χ3n) is 2.54. The van der Waals surface area contributed by atoms with Crippen molar-refractivity contribution >= 4 is 0 Å². The van der Waals surface area contributed by atoms with Crippen molar-refractivity contribution in [3.63, 3.8) is 0 Å². The molecule has 0 aliphatic heterocycles. The van der Waals surface area contributed by atoms with Crippen LogP contribution in [0.25, 0.3) is 5.69 Å². The highest BCUT2D eigenvalue weighted by Crippen LogP contribution is 2.16. The Labute approximate surface area is 94.3 Å². The number of aryl methyl sites for hydroxylation is 1. The Morgan fingerprint density at radius 2 is 2.12 bits per heavy atom. The van der Waals surface area contributed by atoms with Gasteiger partial charge in [0.2, 0.25) is 0 Å². The second kappa shape index (κ2) is 4.47. The van der Waals surface area contributed by atoms with E-state index in [4.69, 9.17) is 10.8 Å². The van der Waals surface area contributed by atoms with E-state index < -0.39 is 0 Å². The van der Waals surface area contributed by atoms with Crippen LogP contribution in [0.5, 0.6) is 0 Å². The van der Waals surface area contributed by atoms with Gasteiger partial charge in [0, 0.05) is 12.2 Å². The van der Waals surface area contributed by atoms with Gasteiger partial charge in [0.1, 0.15) is 0 Å². The average molecular weight is 217 g/mol. The van der Waals surface area contributed by atoms with Crippen LogP contribution >= 0.6 is 0 Å². The number of hydrogen-bond acceptors (Lipinski definition) is 3. The minimum atomic E-state index is -0.0430. The van der Waals surface area contributed by atoms with Crippen molar-refractivity contribution in [2.75, 3.05) is 0 Å².